The average molecular weight is 1760 g/mol. The zero-order valence-corrected chi connectivity index (χ0v) is 69.5. The number of carbonyl (C=O) groups excluding carboxylic acids is 18. The number of hydrogen-bond acceptors (Lipinski definition) is 37. The highest BCUT2D eigenvalue weighted by Gasteiger charge is 2.81. The molecule has 0 aromatic rings. The molecule has 18 rings (SSSR count). The Morgan fingerprint density at radius 3 is 1.17 bits per heavy atom. The molecule has 672 valence electrons. The molecule has 39 nitrogen and oxygen atoms in total. The maximum absolute atomic E-state index is 11.9. The lowest BCUT2D eigenvalue weighted by atomic mass is 9.75. The number of carbonyl (C=O) groups is 18. The molecule has 31 unspecified atom stereocenters. The molecule has 126 heavy (non-hydrogen) atoms. The van der Waals surface area contributed by atoms with E-state index in [1.807, 2.05) is 20.8 Å². The molecular weight excluding hydrogens is 1660 g/mol. The fourth-order valence-electron chi connectivity index (χ4n) is 22.6. The van der Waals surface area contributed by atoms with Crippen LogP contribution in [-0.4, -0.2) is 220 Å². The Morgan fingerprint density at radius 2 is 0.786 bits per heavy atom. The highest BCUT2D eigenvalue weighted by Crippen LogP contribution is 2.67. The van der Waals surface area contributed by atoms with E-state index in [-0.39, 0.29) is 166 Å². The van der Waals surface area contributed by atoms with Crippen molar-refractivity contribution >= 4 is 107 Å². The van der Waals surface area contributed by atoms with Gasteiger partial charge in [0.25, 0.3) is 0 Å². The molecule has 6 aliphatic heterocycles. The molecule has 39 heteroatoms. The van der Waals surface area contributed by atoms with Gasteiger partial charge in [-0.1, -0.05) is 46.4 Å². The van der Waals surface area contributed by atoms with Crippen molar-refractivity contribution in [3.63, 3.8) is 0 Å². The van der Waals surface area contributed by atoms with Crippen LogP contribution in [0.4, 0.5) is 0 Å². The second kappa shape index (κ2) is 35.1. The van der Waals surface area contributed by atoms with Crippen molar-refractivity contribution in [2.24, 2.45) is 111 Å². The molecule has 0 radical (unpaired) electrons. The molecule has 6 saturated heterocycles. The highest BCUT2D eigenvalue weighted by molar-refractivity contribution is 5.91. The topological polar surface area (TPSA) is 506 Å². The maximum atomic E-state index is 11.9. The Kier molecular flexibility index (Phi) is 25.3. The summed E-state index contributed by atoms with van der Waals surface area (Å²) in [5, 5.41) is 9.46. The first-order valence-corrected chi connectivity index (χ1v) is 41.1. The molecule has 0 spiro atoms. The predicted molar refractivity (Wildman–Crippen MR) is 407 cm³/mol. The van der Waals surface area contributed by atoms with Crippen molar-refractivity contribution in [1.29, 1.82) is 5.26 Å². The fourth-order valence-corrected chi connectivity index (χ4v) is 22.6. The van der Waals surface area contributed by atoms with Gasteiger partial charge >= 0.3 is 119 Å². The first-order chi connectivity index (χ1) is 59.6. The number of ether oxygens (including phenoxy) is 18. The van der Waals surface area contributed by atoms with E-state index < -0.39 is 182 Å². The molecule has 31 atom stereocenters. The van der Waals surface area contributed by atoms with E-state index in [2.05, 4.69) is 69.4 Å². The van der Waals surface area contributed by atoms with E-state index in [9.17, 15) is 91.6 Å². The predicted octanol–water partition coefficient (Wildman–Crippen LogP) is 3.84. The van der Waals surface area contributed by atoms with E-state index in [0.29, 0.717) is 51.4 Å². The van der Waals surface area contributed by atoms with Gasteiger partial charge in [-0.05, 0) is 111 Å². The molecule has 0 N–H and O–H groups in total. The molecule has 0 aromatic heterocycles. The number of esters is 18. The lowest BCUT2D eigenvalue weighted by Crippen LogP contribution is -2.46. The van der Waals surface area contributed by atoms with Crippen LogP contribution < -0.4 is 0 Å². The zero-order chi connectivity index (χ0) is 91.6. The van der Waals surface area contributed by atoms with Gasteiger partial charge in [0.1, 0.15) is 42.7 Å². The molecule has 12 aliphatic carbocycles. The van der Waals surface area contributed by atoms with E-state index >= 15 is 0 Å². The third-order valence-corrected chi connectivity index (χ3v) is 28.1. The summed E-state index contributed by atoms with van der Waals surface area (Å²) in [5.41, 5.74) is -3.89. The second-order valence-electron chi connectivity index (χ2n) is 35.4. The third-order valence-electron chi connectivity index (χ3n) is 28.1. The summed E-state index contributed by atoms with van der Waals surface area (Å²) in [6.45, 7) is 41.9. The maximum Gasteiger partial charge on any atom is 0.418 e. The molecule has 12 bridgehead atoms. The van der Waals surface area contributed by atoms with Crippen LogP contribution in [0.5, 0.6) is 0 Å². The van der Waals surface area contributed by atoms with Crippen LogP contribution in [0.25, 0.3) is 9.69 Å². The van der Waals surface area contributed by atoms with Crippen LogP contribution in [0.2, 0.25) is 0 Å². The Hall–Kier alpha value is -12.6. The van der Waals surface area contributed by atoms with E-state index in [1.54, 1.807) is 0 Å². The van der Waals surface area contributed by atoms with Crippen LogP contribution in [0.1, 0.15) is 112 Å². The number of nitriles is 1. The van der Waals surface area contributed by atoms with Gasteiger partial charge < -0.3 is 85.3 Å². The summed E-state index contributed by atoms with van der Waals surface area (Å²) in [5.74, 6) is -10.2. The Balaban J connectivity index is 0.000000130. The molecule has 0 aromatic carbocycles. The summed E-state index contributed by atoms with van der Waals surface area (Å²) in [7, 11) is 0. The van der Waals surface area contributed by atoms with Crippen LogP contribution in [0, 0.1) is 135 Å². The van der Waals surface area contributed by atoms with Crippen LogP contribution in [-0.2, 0) is 172 Å². The van der Waals surface area contributed by atoms with Crippen LogP contribution in [0.3, 0.4) is 0 Å². The van der Waals surface area contributed by atoms with Crippen molar-refractivity contribution in [2.75, 3.05) is 39.6 Å². The minimum Gasteiger partial charge on any atom is -0.458 e. The quantitative estimate of drug-likeness (QED) is 0.0573. The minimum absolute atomic E-state index is 0.0430. The second-order valence-corrected chi connectivity index (χ2v) is 35.4. The first-order valence-electron chi connectivity index (χ1n) is 41.1. The van der Waals surface area contributed by atoms with Crippen molar-refractivity contribution in [3.8, 4) is 6.07 Å². The van der Waals surface area contributed by atoms with Gasteiger partial charge in [0.15, 0.2) is 45.7 Å². The summed E-state index contributed by atoms with van der Waals surface area (Å²) in [6, 6.07) is 2.20. The molecule has 12 saturated carbocycles. The van der Waals surface area contributed by atoms with E-state index in [1.165, 1.54) is 20.8 Å². The molecule has 6 heterocycles. The molecule has 18 aliphatic rings. The summed E-state index contributed by atoms with van der Waals surface area (Å²) >= 11 is 0. The zero-order valence-electron chi connectivity index (χ0n) is 69.5. The van der Waals surface area contributed by atoms with Crippen molar-refractivity contribution in [1.82, 2.24) is 0 Å². The number of fused-ring (bicyclic) bond motifs is 6. The number of rotatable bonds is 24. The van der Waals surface area contributed by atoms with Gasteiger partial charge in [-0.3, -0.25) is 38.5 Å². The van der Waals surface area contributed by atoms with Gasteiger partial charge in [-0.2, -0.15) is 5.26 Å². The summed E-state index contributed by atoms with van der Waals surface area (Å²) < 4.78 is 91.8. The van der Waals surface area contributed by atoms with Gasteiger partial charge in [0, 0.05) is 88.2 Å². The molecular formula is C87H93N3O36. The third kappa shape index (κ3) is 16.3. The normalized spacial score (nSPS) is 38.8. The van der Waals surface area contributed by atoms with Crippen molar-refractivity contribution in [2.45, 2.75) is 185 Å². The summed E-state index contributed by atoms with van der Waals surface area (Å²) in [6.07, 6.45) is 4.95. The first kappa shape index (κ1) is 91.1. The number of hydrogen-bond donors (Lipinski definition) is 0. The van der Waals surface area contributed by atoms with Crippen molar-refractivity contribution < 1.29 is 172 Å². The smallest absolute Gasteiger partial charge is 0.418 e. The molecule has 0 amide bonds. The summed E-state index contributed by atoms with van der Waals surface area (Å²) in [4.78, 5) is 215. The lowest BCUT2D eigenvalue weighted by molar-refractivity contribution is -0.175. The highest BCUT2D eigenvalue weighted by atomic mass is 16.7. The lowest BCUT2D eigenvalue weighted by Gasteiger charge is -2.30. The van der Waals surface area contributed by atoms with Gasteiger partial charge in [-0.25, -0.2) is 70.7 Å². The number of nitrogens with zero attached hydrogens (tertiary/aromatic N) is 3. The van der Waals surface area contributed by atoms with E-state index in [0.717, 1.165) is 37.5 Å². The van der Waals surface area contributed by atoms with Crippen LogP contribution in [0.15, 0.2) is 74.4 Å². The van der Waals surface area contributed by atoms with Crippen LogP contribution >= 0.6 is 0 Å². The average Bonchev–Trinajstić information content (AvgIpc) is 1.55. The SMILES string of the molecule is C=C(C)C(=O)OCC(=O)OC1C2CC3C1OC(=O)C3(C)C2.C=C(C)C(=O)OCC(=O)OC1C2OC(=O)C3CC1(C#N)CC32.C=CC(=O)OCC(=O)OC1C2CC3C1OC(=O)C3(C)C2.C=CC(=O)OCC(=O)OC1C2CC3C1OC(=O)C3C2C.[C-]#[N+]C12OC(=O)C3CC(CC31)C2OC(=O)COC(=O)C(=C)C.[C-]#[N+]C12OC(=O)C3CC(CC31)C2OC(=O)COC(=O)C=C. The van der Waals surface area contributed by atoms with Gasteiger partial charge in [0.05, 0.1) is 57.8 Å². The van der Waals surface area contributed by atoms with Gasteiger partial charge in [-0.15, -0.1) is 0 Å². The standard InChI is InChI=1S/2C15H15NO6.C15H18O6.C14H13NO6.2C14H16O6/c1-7(2)13(18)20-6-11(17)21-12-8-4-9-10(5-8)15(12,16-3)22-14(9)19;1-7(2)13(18)20-5-10(17)21-12-11-8-3-15(12,6-16)4-9(8)14(19)22-11;1-7(2)13(17)19-6-10(16)20-11-8-4-9-12(11)21-14(18)15(9,3)5-8;1-3-10(16)19-6-11(17)20-12-7-4-8-9(5-7)14(12,15-2)21-13(8)18;1-3-9(15)18-6-10(16)19-11-7-4-8-12(11)20-13(17)14(8,2)5-7;1-3-9(15)18-5-10(16)19-12-7-4-8-11(6(7)2)14(17)20-13(8)12/h8-10,12H,1,4-6H2,2H3;8-9,11-12H,1,3-5H2,2H3;8-9,11-12H,1,4-6H2,2-3H3;3,7-9,12H,1,4-6H2;3,7-8,11-12H,1,4-6H2,2H3;3,6-8,11-13H,1,4-5H2,2H3. The van der Waals surface area contributed by atoms with Gasteiger partial charge in [0.2, 0.25) is 12.2 Å². The fraction of sp³-hybridized carbons (Fsp3) is 0.621. The van der Waals surface area contributed by atoms with Crippen molar-refractivity contribution in [3.05, 3.63) is 97.3 Å². The Bertz CT molecular complexity index is 4830. The molecule has 18 fully saturated rings. The Morgan fingerprint density at radius 1 is 0.421 bits per heavy atom. The van der Waals surface area contributed by atoms with E-state index in [4.69, 9.17) is 84.2 Å². The largest absolute Gasteiger partial charge is 0.458 e. The Labute approximate surface area is 719 Å². The minimum atomic E-state index is -1.39. The monoisotopic (exact) mass is 1760 g/mol.